The SMILES string of the molecule is O=C(Nc1ccc(Cl)cc1)Nc1cc(F)c(F)c(Oc2ccc3nccnc3c2)c1F. The number of aromatic nitrogens is 2. The van der Waals surface area contributed by atoms with Crippen molar-refractivity contribution < 1.29 is 22.7 Å². The Morgan fingerprint density at radius 3 is 2.32 bits per heavy atom. The summed E-state index contributed by atoms with van der Waals surface area (Å²) in [4.78, 5) is 20.3. The van der Waals surface area contributed by atoms with Gasteiger partial charge in [0.15, 0.2) is 11.6 Å². The third kappa shape index (κ3) is 4.51. The summed E-state index contributed by atoms with van der Waals surface area (Å²) in [5.41, 5.74) is 0.703. The lowest BCUT2D eigenvalue weighted by Crippen LogP contribution is -2.20. The number of benzene rings is 3. The molecule has 0 radical (unpaired) electrons. The van der Waals surface area contributed by atoms with Gasteiger partial charge < -0.3 is 15.4 Å². The molecule has 0 saturated heterocycles. The number of nitrogens with one attached hydrogen (secondary N) is 2. The van der Waals surface area contributed by atoms with Crippen molar-refractivity contribution in [3.05, 3.63) is 83.4 Å². The first-order valence-electron chi connectivity index (χ1n) is 8.80. The van der Waals surface area contributed by atoms with Crippen LogP contribution in [0.5, 0.6) is 11.5 Å². The molecule has 1 aromatic heterocycles. The van der Waals surface area contributed by atoms with Gasteiger partial charge in [-0.2, -0.15) is 4.39 Å². The molecule has 4 aromatic rings. The average molecular weight is 445 g/mol. The van der Waals surface area contributed by atoms with Gasteiger partial charge in [0.2, 0.25) is 11.6 Å². The molecule has 0 fully saturated rings. The molecule has 4 rings (SSSR count). The molecule has 3 aromatic carbocycles. The first-order chi connectivity index (χ1) is 14.9. The van der Waals surface area contributed by atoms with Gasteiger partial charge in [-0.3, -0.25) is 9.97 Å². The Hall–Kier alpha value is -3.85. The molecule has 6 nitrogen and oxygen atoms in total. The Bertz CT molecular complexity index is 1290. The van der Waals surface area contributed by atoms with Crippen LogP contribution in [0.3, 0.4) is 0 Å². The Balaban J connectivity index is 1.59. The molecule has 0 spiro atoms. The second-order valence-corrected chi connectivity index (χ2v) is 6.69. The van der Waals surface area contributed by atoms with Gasteiger partial charge >= 0.3 is 6.03 Å². The fourth-order valence-corrected chi connectivity index (χ4v) is 2.83. The predicted octanol–water partition coefficient (Wildman–Crippen LogP) is 6.14. The molecule has 0 aliphatic rings. The lowest BCUT2D eigenvalue weighted by Gasteiger charge is -2.13. The molecule has 31 heavy (non-hydrogen) atoms. The molecule has 1 heterocycles. The maximum Gasteiger partial charge on any atom is 0.323 e. The zero-order chi connectivity index (χ0) is 22.0. The number of carbonyl (C=O) groups is 1. The third-order valence-electron chi connectivity index (χ3n) is 4.13. The second-order valence-electron chi connectivity index (χ2n) is 6.26. The van der Waals surface area contributed by atoms with Crippen molar-refractivity contribution in [1.82, 2.24) is 9.97 Å². The minimum absolute atomic E-state index is 0.00738. The Labute approximate surface area is 178 Å². The van der Waals surface area contributed by atoms with Crippen LogP contribution < -0.4 is 15.4 Å². The quantitative estimate of drug-likeness (QED) is 0.371. The molecule has 2 N–H and O–H groups in total. The number of fused-ring (bicyclic) bond motifs is 1. The molecule has 0 bridgehead atoms. The zero-order valence-corrected chi connectivity index (χ0v) is 16.3. The van der Waals surface area contributed by atoms with E-state index in [9.17, 15) is 18.0 Å². The van der Waals surface area contributed by atoms with Crippen LogP contribution in [0.1, 0.15) is 0 Å². The van der Waals surface area contributed by atoms with Crippen molar-refractivity contribution in [2.24, 2.45) is 0 Å². The van der Waals surface area contributed by atoms with Gasteiger partial charge in [0, 0.05) is 35.2 Å². The van der Waals surface area contributed by atoms with E-state index < -0.39 is 34.9 Å². The van der Waals surface area contributed by atoms with E-state index >= 15 is 0 Å². The maximum atomic E-state index is 14.8. The number of nitrogens with zero attached hydrogens (tertiary/aromatic N) is 2. The number of ether oxygens (including phenoxy) is 1. The van der Waals surface area contributed by atoms with Crippen molar-refractivity contribution in [3.63, 3.8) is 0 Å². The molecular weight excluding hydrogens is 433 g/mol. The maximum absolute atomic E-state index is 14.8. The number of urea groups is 1. The normalized spacial score (nSPS) is 10.7. The van der Waals surface area contributed by atoms with Gasteiger partial charge in [0.25, 0.3) is 0 Å². The number of hydrogen-bond acceptors (Lipinski definition) is 4. The fourth-order valence-electron chi connectivity index (χ4n) is 2.70. The summed E-state index contributed by atoms with van der Waals surface area (Å²) in [7, 11) is 0. The topological polar surface area (TPSA) is 76.1 Å². The highest BCUT2D eigenvalue weighted by atomic mass is 35.5. The number of anilines is 2. The number of amides is 2. The van der Waals surface area contributed by atoms with Crippen LogP contribution in [0, 0.1) is 17.5 Å². The van der Waals surface area contributed by atoms with Crippen LogP contribution in [-0.4, -0.2) is 16.0 Å². The first-order valence-corrected chi connectivity index (χ1v) is 9.18. The summed E-state index contributed by atoms with van der Waals surface area (Å²) in [6.07, 6.45) is 2.93. The van der Waals surface area contributed by atoms with E-state index in [1.807, 2.05) is 0 Å². The largest absolute Gasteiger partial charge is 0.451 e. The summed E-state index contributed by atoms with van der Waals surface area (Å²) < 4.78 is 48.4. The van der Waals surface area contributed by atoms with E-state index in [0.717, 1.165) is 0 Å². The van der Waals surface area contributed by atoms with E-state index in [2.05, 4.69) is 20.6 Å². The van der Waals surface area contributed by atoms with E-state index in [1.54, 1.807) is 0 Å². The summed E-state index contributed by atoms with van der Waals surface area (Å²) >= 11 is 5.77. The van der Waals surface area contributed by atoms with Crippen molar-refractivity contribution in [2.75, 3.05) is 10.6 Å². The summed E-state index contributed by atoms with van der Waals surface area (Å²) in [6.45, 7) is 0. The lowest BCUT2D eigenvalue weighted by molar-refractivity contribution is 0.262. The fraction of sp³-hybridized carbons (Fsp3) is 0. The zero-order valence-electron chi connectivity index (χ0n) is 15.5. The average Bonchev–Trinajstić information content (AvgIpc) is 2.76. The highest BCUT2D eigenvalue weighted by molar-refractivity contribution is 6.30. The van der Waals surface area contributed by atoms with Crippen LogP contribution >= 0.6 is 11.6 Å². The molecule has 2 amide bonds. The molecule has 0 unspecified atom stereocenters. The lowest BCUT2D eigenvalue weighted by atomic mass is 10.2. The van der Waals surface area contributed by atoms with Crippen LogP contribution in [0.4, 0.5) is 29.3 Å². The van der Waals surface area contributed by atoms with E-state index in [0.29, 0.717) is 27.8 Å². The van der Waals surface area contributed by atoms with Gasteiger partial charge in [-0.25, -0.2) is 13.6 Å². The van der Waals surface area contributed by atoms with Crippen LogP contribution in [-0.2, 0) is 0 Å². The first kappa shape index (κ1) is 20.4. The van der Waals surface area contributed by atoms with Crippen LogP contribution in [0.15, 0.2) is 60.9 Å². The summed E-state index contributed by atoms with van der Waals surface area (Å²) in [5, 5.41) is 5.01. The summed E-state index contributed by atoms with van der Waals surface area (Å²) in [6, 6.07) is 10.1. The second kappa shape index (κ2) is 8.49. The van der Waals surface area contributed by atoms with Gasteiger partial charge in [-0.05, 0) is 36.4 Å². The molecule has 0 aliphatic carbocycles. The minimum Gasteiger partial charge on any atom is -0.451 e. The van der Waals surface area contributed by atoms with Gasteiger partial charge in [0.05, 0.1) is 16.7 Å². The highest BCUT2D eigenvalue weighted by Crippen LogP contribution is 2.34. The third-order valence-corrected chi connectivity index (χ3v) is 4.38. The van der Waals surface area contributed by atoms with Gasteiger partial charge in [-0.1, -0.05) is 11.6 Å². The van der Waals surface area contributed by atoms with Gasteiger partial charge in [-0.15, -0.1) is 0 Å². The molecular formula is C21H12ClF3N4O2. The van der Waals surface area contributed by atoms with Crippen molar-refractivity contribution in [2.45, 2.75) is 0 Å². The van der Waals surface area contributed by atoms with Crippen molar-refractivity contribution >= 4 is 40.0 Å². The Morgan fingerprint density at radius 2 is 1.58 bits per heavy atom. The number of rotatable bonds is 4. The van der Waals surface area contributed by atoms with E-state index in [4.69, 9.17) is 16.3 Å². The number of hydrogen-bond donors (Lipinski definition) is 2. The predicted molar refractivity (Wildman–Crippen MR) is 110 cm³/mol. The van der Waals surface area contributed by atoms with Gasteiger partial charge in [0.1, 0.15) is 5.75 Å². The smallest absolute Gasteiger partial charge is 0.323 e. The molecule has 0 saturated carbocycles. The van der Waals surface area contributed by atoms with Crippen LogP contribution in [0.2, 0.25) is 5.02 Å². The van der Waals surface area contributed by atoms with E-state index in [1.165, 1.54) is 54.9 Å². The summed E-state index contributed by atoms with van der Waals surface area (Å²) in [5.74, 6) is -5.23. The molecule has 10 heteroatoms. The highest BCUT2D eigenvalue weighted by Gasteiger charge is 2.22. The van der Waals surface area contributed by atoms with Crippen molar-refractivity contribution in [3.8, 4) is 11.5 Å². The molecule has 156 valence electrons. The Morgan fingerprint density at radius 1 is 0.871 bits per heavy atom. The minimum atomic E-state index is -1.54. The van der Waals surface area contributed by atoms with Crippen LogP contribution in [0.25, 0.3) is 11.0 Å². The van der Waals surface area contributed by atoms with Crippen molar-refractivity contribution in [1.29, 1.82) is 0 Å². The monoisotopic (exact) mass is 444 g/mol. The number of carbonyl (C=O) groups excluding carboxylic acids is 1. The Kier molecular flexibility index (Phi) is 5.59. The molecule has 0 atom stereocenters. The number of halogens is 4. The van der Waals surface area contributed by atoms with E-state index in [-0.39, 0.29) is 5.75 Å². The standard InChI is InChI=1S/C21H12ClF3N4O2/c22-11-1-3-12(4-2-11)28-21(30)29-17-10-14(23)18(24)20(19(17)25)31-13-5-6-15-16(9-13)27-8-7-26-15/h1-10H,(H2,28,29,30). The molecule has 0 aliphatic heterocycles.